The molecular weight excluding hydrogens is 344 g/mol. The van der Waals surface area contributed by atoms with Crippen molar-refractivity contribution < 1.29 is 13.2 Å². The van der Waals surface area contributed by atoms with Crippen LogP contribution in [0.2, 0.25) is 0 Å². The summed E-state index contributed by atoms with van der Waals surface area (Å²) in [5.41, 5.74) is 0.756. The monoisotopic (exact) mass is 360 g/mol. The highest BCUT2D eigenvalue weighted by Crippen LogP contribution is 2.22. The third kappa shape index (κ3) is 3.45. The molecule has 0 bridgehead atoms. The number of nitrogens with one attached hydrogen (secondary N) is 2. The van der Waals surface area contributed by atoms with E-state index >= 15 is 0 Å². The van der Waals surface area contributed by atoms with Crippen molar-refractivity contribution in [3.63, 3.8) is 0 Å². The van der Waals surface area contributed by atoms with Crippen molar-refractivity contribution in [3.8, 4) is 0 Å². The first kappa shape index (κ1) is 16.9. The van der Waals surface area contributed by atoms with Crippen molar-refractivity contribution in [2.24, 2.45) is 4.99 Å². The Morgan fingerprint density at radius 3 is 2.76 bits per heavy atom. The van der Waals surface area contributed by atoms with Gasteiger partial charge in [-0.05, 0) is 25.1 Å². The van der Waals surface area contributed by atoms with Crippen LogP contribution in [0.5, 0.6) is 0 Å². The number of hydrogen-bond donors (Lipinski definition) is 2. The normalized spacial score (nSPS) is 16.3. The molecule has 0 aliphatic carbocycles. The van der Waals surface area contributed by atoms with Gasteiger partial charge in [-0.3, -0.25) is 19.3 Å². The van der Waals surface area contributed by atoms with Crippen molar-refractivity contribution in [1.29, 1.82) is 0 Å². The standard InChI is InChI=1S/C16H16N4O4S/c1-2-20-10-11(7-8-15(20)22)18-14(21)9-17-16-12-5-3-4-6-13(12)25(23,24)19-16/h3-8,10H,2,9H2,1H3,(H,17,19)(H,18,21). The number of fused-ring (bicyclic) bond motifs is 1. The molecule has 2 heterocycles. The summed E-state index contributed by atoms with van der Waals surface area (Å²) in [7, 11) is -3.63. The summed E-state index contributed by atoms with van der Waals surface area (Å²) in [5.74, 6) is -0.276. The molecule has 3 rings (SSSR count). The maximum Gasteiger partial charge on any atom is 0.263 e. The average Bonchev–Trinajstić information content (AvgIpc) is 2.86. The lowest BCUT2D eigenvalue weighted by atomic mass is 10.2. The summed E-state index contributed by atoms with van der Waals surface area (Å²) in [4.78, 5) is 27.8. The molecule has 1 aromatic carbocycles. The molecule has 0 saturated carbocycles. The molecule has 1 aliphatic rings. The molecule has 9 heteroatoms. The van der Waals surface area contributed by atoms with Gasteiger partial charge in [0.25, 0.3) is 15.6 Å². The van der Waals surface area contributed by atoms with E-state index in [4.69, 9.17) is 0 Å². The fraction of sp³-hybridized carbons (Fsp3) is 0.188. The summed E-state index contributed by atoms with van der Waals surface area (Å²) in [6.45, 7) is 2.06. The lowest BCUT2D eigenvalue weighted by Gasteiger charge is -2.07. The number of carbonyl (C=O) groups excluding carboxylic acids is 1. The second-order valence-corrected chi connectivity index (χ2v) is 7.01. The predicted octanol–water partition coefficient (Wildman–Crippen LogP) is 0.545. The van der Waals surface area contributed by atoms with Gasteiger partial charge in [-0.2, -0.15) is 0 Å². The molecule has 1 aromatic heterocycles. The zero-order valence-corrected chi connectivity index (χ0v) is 14.2. The van der Waals surface area contributed by atoms with Crippen LogP contribution in [0.4, 0.5) is 5.69 Å². The second-order valence-electron chi connectivity index (χ2n) is 5.36. The minimum absolute atomic E-state index is 0.143. The molecule has 8 nitrogen and oxygen atoms in total. The van der Waals surface area contributed by atoms with E-state index in [1.54, 1.807) is 24.4 Å². The summed E-state index contributed by atoms with van der Waals surface area (Å²) in [6, 6.07) is 9.30. The van der Waals surface area contributed by atoms with Gasteiger partial charge in [0.1, 0.15) is 12.4 Å². The third-order valence-electron chi connectivity index (χ3n) is 3.65. The number of carbonyl (C=O) groups is 1. The molecule has 0 fully saturated rings. The predicted molar refractivity (Wildman–Crippen MR) is 93.2 cm³/mol. The minimum atomic E-state index is -3.63. The van der Waals surface area contributed by atoms with E-state index in [2.05, 4.69) is 15.0 Å². The second kappa shape index (κ2) is 6.52. The largest absolute Gasteiger partial charge is 0.323 e. The van der Waals surface area contributed by atoms with Gasteiger partial charge in [-0.25, -0.2) is 8.42 Å². The number of rotatable bonds is 4. The van der Waals surface area contributed by atoms with Crippen LogP contribution in [-0.4, -0.2) is 31.3 Å². The Labute approximate surface area is 144 Å². The van der Waals surface area contributed by atoms with Gasteiger partial charge in [0.2, 0.25) is 5.91 Å². The average molecular weight is 360 g/mol. The maximum atomic E-state index is 12.0. The molecule has 2 N–H and O–H groups in total. The molecule has 0 saturated heterocycles. The van der Waals surface area contributed by atoms with Gasteiger partial charge in [0.15, 0.2) is 0 Å². The number of aliphatic imine (C=N–C) groups is 1. The Bertz CT molecular complexity index is 1020. The molecule has 1 aliphatic heterocycles. The van der Waals surface area contributed by atoms with Crippen LogP contribution in [0, 0.1) is 0 Å². The highest BCUT2D eigenvalue weighted by atomic mass is 32.2. The zero-order valence-electron chi connectivity index (χ0n) is 13.4. The fourth-order valence-corrected chi connectivity index (χ4v) is 3.71. The first-order valence-corrected chi connectivity index (χ1v) is 9.06. The van der Waals surface area contributed by atoms with Gasteiger partial charge >= 0.3 is 0 Å². The van der Waals surface area contributed by atoms with E-state index < -0.39 is 15.9 Å². The van der Waals surface area contributed by atoms with E-state index in [1.807, 2.05) is 6.92 Å². The smallest absolute Gasteiger partial charge is 0.263 e. The number of sulfonamides is 1. The summed E-state index contributed by atoms with van der Waals surface area (Å²) in [6.07, 6.45) is 1.54. The number of nitrogens with zero attached hydrogens (tertiary/aromatic N) is 2. The highest BCUT2D eigenvalue weighted by Gasteiger charge is 2.30. The molecule has 0 radical (unpaired) electrons. The Kier molecular flexibility index (Phi) is 4.41. The topological polar surface area (TPSA) is 110 Å². The molecule has 0 unspecified atom stereocenters. The van der Waals surface area contributed by atoms with Crippen molar-refractivity contribution in [2.75, 3.05) is 11.9 Å². The van der Waals surface area contributed by atoms with E-state index in [-0.39, 0.29) is 22.8 Å². The molecule has 130 valence electrons. The summed E-state index contributed by atoms with van der Waals surface area (Å²) < 4.78 is 27.8. The molecule has 25 heavy (non-hydrogen) atoms. The number of pyridine rings is 1. The van der Waals surface area contributed by atoms with Gasteiger partial charge in [-0.1, -0.05) is 12.1 Å². The van der Waals surface area contributed by atoms with Crippen molar-refractivity contribution in [1.82, 2.24) is 9.29 Å². The van der Waals surface area contributed by atoms with Crippen LogP contribution < -0.4 is 15.6 Å². The van der Waals surface area contributed by atoms with Crippen molar-refractivity contribution in [2.45, 2.75) is 18.4 Å². The highest BCUT2D eigenvalue weighted by molar-refractivity contribution is 7.90. The molecular formula is C16H16N4O4S. The van der Waals surface area contributed by atoms with E-state index in [0.29, 0.717) is 17.8 Å². The van der Waals surface area contributed by atoms with Crippen LogP contribution in [0.3, 0.4) is 0 Å². The Balaban J connectivity index is 1.75. The molecule has 1 amide bonds. The van der Waals surface area contributed by atoms with Gasteiger partial charge in [-0.15, -0.1) is 0 Å². The number of aromatic nitrogens is 1. The van der Waals surface area contributed by atoms with E-state index in [9.17, 15) is 18.0 Å². The van der Waals surface area contributed by atoms with Crippen LogP contribution in [0.1, 0.15) is 12.5 Å². The van der Waals surface area contributed by atoms with Gasteiger partial charge in [0, 0.05) is 24.4 Å². The number of amides is 1. The summed E-state index contributed by atoms with van der Waals surface area (Å²) in [5, 5.41) is 2.63. The number of benzene rings is 1. The van der Waals surface area contributed by atoms with E-state index in [1.165, 1.54) is 22.8 Å². The third-order valence-corrected chi connectivity index (χ3v) is 5.05. The quantitative estimate of drug-likeness (QED) is 0.829. The number of amidine groups is 1. The van der Waals surface area contributed by atoms with Crippen LogP contribution in [-0.2, 0) is 21.4 Å². The lowest BCUT2D eigenvalue weighted by Crippen LogP contribution is -2.25. The van der Waals surface area contributed by atoms with Crippen LogP contribution >= 0.6 is 0 Å². The Hall–Kier alpha value is -2.94. The van der Waals surface area contributed by atoms with E-state index in [0.717, 1.165) is 0 Å². The van der Waals surface area contributed by atoms with Gasteiger partial charge < -0.3 is 9.88 Å². The van der Waals surface area contributed by atoms with Gasteiger partial charge in [0.05, 0.1) is 10.6 Å². The minimum Gasteiger partial charge on any atom is -0.323 e. The number of aryl methyl sites for hydroxylation is 1. The first-order valence-electron chi connectivity index (χ1n) is 7.58. The van der Waals surface area contributed by atoms with Crippen molar-refractivity contribution in [3.05, 3.63) is 58.5 Å². The van der Waals surface area contributed by atoms with Crippen LogP contribution in [0.15, 0.2) is 57.3 Å². The summed E-state index contributed by atoms with van der Waals surface area (Å²) >= 11 is 0. The van der Waals surface area contributed by atoms with Crippen LogP contribution in [0.25, 0.3) is 0 Å². The zero-order chi connectivity index (χ0) is 18.0. The number of anilines is 1. The lowest BCUT2D eigenvalue weighted by molar-refractivity contribution is -0.114. The maximum absolute atomic E-state index is 12.0. The fourth-order valence-electron chi connectivity index (χ4n) is 2.46. The Morgan fingerprint density at radius 2 is 2.00 bits per heavy atom. The molecule has 0 spiro atoms. The first-order chi connectivity index (χ1) is 11.9. The molecule has 0 atom stereocenters. The SMILES string of the molecule is CCn1cc(NC(=O)CN=C2NS(=O)(=O)c3ccccc32)ccc1=O. The Morgan fingerprint density at radius 1 is 1.24 bits per heavy atom. The molecule has 2 aromatic rings. The number of hydrogen-bond acceptors (Lipinski definition) is 5. The van der Waals surface area contributed by atoms with Crippen molar-refractivity contribution >= 4 is 27.5 Å².